The van der Waals surface area contributed by atoms with Crippen molar-refractivity contribution in [2.45, 2.75) is 18.5 Å². The number of carbonyl (C=O) groups is 2. The molecule has 3 aromatic carbocycles. The third-order valence-corrected chi connectivity index (χ3v) is 6.55. The van der Waals surface area contributed by atoms with E-state index in [0.29, 0.717) is 10.6 Å². The van der Waals surface area contributed by atoms with Gasteiger partial charge in [0.25, 0.3) is 0 Å². The normalized spacial score (nSPS) is 13.3. The molecule has 0 aliphatic heterocycles. The van der Waals surface area contributed by atoms with Crippen LogP contribution in [-0.4, -0.2) is 35.2 Å². The number of carboxylic acids is 1. The van der Waals surface area contributed by atoms with Gasteiger partial charge in [-0.15, -0.1) is 0 Å². The highest BCUT2D eigenvalue weighted by Crippen LogP contribution is 2.47. The molecule has 0 saturated carbocycles. The summed E-state index contributed by atoms with van der Waals surface area (Å²) in [6, 6.07) is 19.1. The Kier molecular flexibility index (Phi) is 6.20. The van der Waals surface area contributed by atoms with Crippen LogP contribution in [0.4, 0.5) is 4.79 Å². The summed E-state index contributed by atoms with van der Waals surface area (Å²) in [6.45, 7) is 0. The molecule has 0 heterocycles. The fourth-order valence-corrected chi connectivity index (χ4v) is 4.91. The molecule has 0 radical (unpaired) electrons. The summed E-state index contributed by atoms with van der Waals surface area (Å²) in [5.41, 5.74) is 4.36. The van der Waals surface area contributed by atoms with E-state index < -0.39 is 24.1 Å². The first-order valence-corrected chi connectivity index (χ1v) is 11.1. The van der Waals surface area contributed by atoms with E-state index in [9.17, 15) is 14.7 Å². The van der Waals surface area contributed by atoms with Gasteiger partial charge in [0.1, 0.15) is 6.04 Å². The summed E-state index contributed by atoms with van der Waals surface area (Å²) in [4.78, 5) is 26.8. The van der Waals surface area contributed by atoms with Gasteiger partial charge in [0, 0.05) is 15.0 Å². The van der Waals surface area contributed by atoms with Crippen LogP contribution in [0.15, 0.2) is 66.7 Å². The van der Waals surface area contributed by atoms with E-state index in [-0.39, 0.29) is 6.42 Å². The zero-order valence-electron chi connectivity index (χ0n) is 16.6. The number of hydrogen-bond acceptors (Lipinski definition) is 3. The molecule has 5 nitrogen and oxygen atoms in total. The van der Waals surface area contributed by atoms with Gasteiger partial charge in [-0.05, 0) is 68.6 Å². The number of nitrogens with zero attached hydrogens (tertiary/aromatic N) is 1. The van der Waals surface area contributed by atoms with Crippen molar-refractivity contribution in [3.05, 3.63) is 92.0 Å². The van der Waals surface area contributed by atoms with E-state index in [1.165, 1.54) is 12.0 Å². The Morgan fingerprint density at radius 2 is 1.65 bits per heavy atom. The lowest BCUT2D eigenvalue weighted by molar-refractivity contribution is -0.143. The molecule has 0 saturated heterocycles. The van der Waals surface area contributed by atoms with Crippen LogP contribution in [-0.2, 0) is 16.0 Å². The zero-order chi connectivity index (χ0) is 22.1. The first-order valence-electron chi connectivity index (χ1n) is 9.63. The molecule has 3 aromatic rings. The van der Waals surface area contributed by atoms with Gasteiger partial charge < -0.3 is 9.84 Å². The summed E-state index contributed by atoms with van der Waals surface area (Å²) in [7, 11) is 1.26. The number of carboxylic acid groups (broad SMARTS) is 1. The lowest BCUT2D eigenvalue weighted by Gasteiger charge is -2.34. The van der Waals surface area contributed by atoms with Crippen LogP contribution in [0.3, 0.4) is 0 Å². The monoisotopic (exact) mass is 547 g/mol. The van der Waals surface area contributed by atoms with E-state index >= 15 is 0 Å². The first kappa shape index (κ1) is 21.6. The Bertz CT molecular complexity index is 1120. The highest BCUT2D eigenvalue weighted by molar-refractivity contribution is 14.1. The summed E-state index contributed by atoms with van der Waals surface area (Å²) >= 11 is 8.51. The minimum absolute atomic E-state index is 0.0565. The van der Waals surface area contributed by atoms with Crippen molar-refractivity contribution in [1.82, 2.24) is 4.90 Å². The van der Waals surface area contributed by atoms with Crippen LogP contribution in [0.25, 0.3) is 11.1 Å². The maximum atomic E-state index is 13.0. The number of aliphatic carboxylic acids is 1. The highest BCUT2D eigenvalue weighted by Gasteiger charge is 2.42. The fourth-order valence-electron chi connectivity index (χ4n) is 4.16. The minimum atomic E-state index is -1.17. The van der Waals surface area contributed by atoms with E-state index in [1.54, 1.807) is 6.07 Å². The van der Waals surface area contributed by atoms with Crippen molar-refractivity contribution in [3.63, 3.8) is 0 Å². The number of benzene rings is 3. The SMILES string of the molecule is COC(=O)N(C1c2ccccc2-c2ccccc21)[C@@H](Cc1cc(I)ccc1Cl)C(=O)O. The van der Waals surface area contributed by atoms with Gasteiger partial charge in [0.05, 0.1) is 13.2 Å². The maximum Gasteiger partial charge on any atom is 0.411 e. The van der Waals surface area contributed by atoms with Crippen molar-refractivity contribution < 1.29 is 19.4 Å². The average Bonchev–Trinajstić information content (AvgIpc) is 3.10. The first-order chi connectivity index (χ1) is 14.9. The summed E-state index contributed by atoms with van der Waals surface area (Å²) in [5, 5.41) is 10.6. The largest absolute Gasteiger partial charge is 0.480 e. The number of amides is 1. The Labute approximate surface area is 198 Å². The maximum absolute atomic E-state index is 13.0. The van der Waals surface area contributed by atoms with Crippen molar-refractivity contribution in [1.29, 1.82) is 0 Å². The molecule has 4 rings (SSSR count). The lowest BCUT2D eigenvalue weighted by atomic mass is 9.98. The summed E-state index contributed by atoms with van der Waals surface area (Å²) in [5.74, 6) is -1.12. The molecule has 31 heavy (non-hydrogen) atoms. The molecule has 0 unspecified atom stereocenters. The average molecular weight is 548 g/mol. The third kappa shape index (κ3) is 4.02. The van der Waals surface area contributed by atoms with Crippen molar-refractivity contribution in [3.8, 4) is 11.1 Å². The summed E-state index contributed by atoms with van der Waals surface area (Å²) < 4.78 is 6.00. The zero-order valence-corrected chi connectivity index (χ0v) is 19.5. The van der Waals surface area contributed by atoms with Gasteiger partial charge in [-0.25, -0.2) is 9.59 Å². The number of halogens is 2. The second kappa shape index (κ2) is 8.88. The van der Waals surface area contributed by atoms with Gasteiger partial charge in [0.2, 0.25) is 0 Å². The number of rotatable bonds is 5. The molecule has 0 spiro atoms. The molecular formula is C24H19ClINO4. The fraction of sp³-hybridized carbons (Fsp3) is 0.167. The van der Waals surface area contributed by atoms with Crippen LogP contribution in [0, 0.1) is 3.57 Å². The predicted molar refractivity (Wildman–Crippen MR) is 127 cm³/mol. The van der Waals surface area contributed by atoms with Crippen LogP contribution in [0.5, 0.6) is 0 Å². The van der Waals surface area contributed by atoms with E-state index in [2.05, 4.69) is 22.6 Å². The van der Waals surface area contributed by atoms with Crippen LogP contribution < -0.4 is 0 Å². The number of carbonyl (C=O) groups excluding carboxylic acids is 1. The van der Waals surface area contributed by atoms with Crippen LogP contribution >= 0.6 is 34.2 Å². The number of ether oxygens (including phenoxy) is 1. The van der Waals surface area contributed by atoms with Gasteiger partial charge in [-0.2, -0.15) is 0 Å². The van der Waals surface area contributed by atoms with Crippen molar-refractivity contribution in [2.75, 3.05) is 7.11 Å². The molecule has 1 aliphatic rings. The van der Waals surface area contributed by atoms with Gasteiger partial charge in [-0.1, -0.05) is 60.1 Å². The molecule has 0 bridgehead atoms. The van der Waals surface area contributed by atoms with Crippen LogP contribution in [0.1, 0.15) is 22.7 Å². The number of methoxy groups -OCH3 is 1. The van der Waals surface area contributed by atoms with Crippen molar-refractivity contribution >= 4 is 46.3 Å². The highest BCUT2D eigenvalue weighted by atomic mass is 127. The third-order valence-electron chi connectivity index (χ3n) is 5.51. The molecular weight excluding hydrogens is 529 g/mol. The van der Waals surface area contributed by atoms with Gasteiger partial charge in [-0.3, -0.25) is 4.90 Å². The summed E-state index contributed by atoms with van der Waals surface area (Å²) in [6.07, 6.45) is -0.647. The topological polar surface area (TPSA) is 66.8 Å². The van der Waals surface area contributed by atoms with Crippen molar-refractivity contribution in [2.24, 2.45) is 0 Å². The second-order valence-electron chi connectivity index (χ2n) is 7.25. The molecule has 1 aliphatic carbocycles. The molecule has 0 fully saturated rings. The molecule has 0 aromatic heterocycles. The van der Waals surface area contributed by atoms with Crippen LogP contribution in [0.2, 0.25) is 5.02 Å². The standard InChI is InChI=1S/C24H19ClINO4/c1-31-24(30)27(21(23(28)29)13-14-12-15(26)10-11-20(14)25)22-18-8-4-2-6-16(18)17-7-3-5-9-19(17)22/h2-12,21-22H,13H2,1H3,(H,28,29)/t21-/m0/s1. The second-order valence-corrected chi connectivity index (χ2v) is 8.90. The molecule has 1 N–H and O–H groups in total. The Morgan fingerprint density at radius 1 is 1.06 bits per heavy atom. The lowest BCUT2D eigenvalue weighted by Crippen LogP contribution is -2.48. The molecule has 7 heteroatoms. The quantitative estimate of drug-likeness (QED) is 0.412. The predicted octanol–water partition coefficient (Wildman–Crippen LogP) is 5.78. The van der Waals surface area contributed by atoms with E-state index in [4.69, 9.17) is 16.3 Å². The Hall–Kier alpha value is -2.58. The van der Waals surface area contributed by atoms with Gasteiger partial charge in [0.15, 0.2) is 0 Å². The minimum Gasteiger partial charge on any atom is -0.480 e. The Morgan fingerprint density at radius 3 is 2.19 bits per heavy atom. The molecule has 1 amide bonds. The number of hydrogen-bond donors (Lipinski definition) is 1. The van der Waals surface area contributed by atoms with E-state index in [1.807, 2.05) is 60.7 Å². The van der Waals surface area contributed by atoms with Gasteiger partial charge >= 0.3 is 12.1 Å². The number of fused-ring (bicyclic) bond motifs is 3. The smallest absolute Gasteiger partial charge is 0.411 e. The Balaban J connectivity index is 1.86. The molecule has 158 valence electrons. The van der Waals surface area contributed by atoms with E-state index in [0.717, 1.165) is 25.8 Å². The molecule has 1 atom stereocenters.